The zero-order chi connectivity index (χ0) is 19.0. The number of sulfonamides is 1. The molecule has 4 rings (SSSR count). The third-order valence-electron chi connectivity index (χ3n) is 4.01. The number of benzene rings is 1. The van der Waals surface area contributed by atoms with Gasteiger partial charge in [-0.2, -0.15) is 15.0 Å². The van der Waals surface area contributed by atoms with Crippen molar-refractivity contribution in [3.63, 3.8) is 0 Å². The van der Waals surface area contributed by atoms with Gasteiger partial charge in [-0.3, -0.25) is 4.72 Å². The fourth-order valence-corrected chi connectivity index (χ4v) is 4.79. The summed E-state index contributed by atoms with van der Waals surface area (Å²) in [6, 6.07) is 14.6. The van der Waals surface area contributed by atoms with Crippen LogP contribution in [0.25, 0.3) is 16.7 Å². The lowest BCUT2D eigenvalue weighted by Crippen LogP contribution is -2.16. The van der Waals surface area contributed by atoms with E-state index in [0.29, 0.717) is 5.82 Å². The van der Waals surface area contributed by atoms with E-state index in [1.165, 1.54) is 16.9 Å². The quantitative estimate of drug-likeness (QED) is 0.570. The molecule has 1 N–H and O–H groups in total. The number of pyridine rings is 1. The number of aryl methyl sites for hydroxylation is 1. The molecule has 0 bridgehead atoms. The number of nitrogens with zero attached hydrogens (tertiary/aromatic N) is 4. The summed E-state index contributed by atoms with van der Waals surface area (Å²) in [6.45, 7) is 1.94. The van der Waals surface area contributed by atoms with Gasteiger partial charge in [-0.15, -0.1) is 11.3 Å². The second-order valence-corrected chi connectivity index (χ2v) is 8.64. The monoisotopic (exact) mass is 395 g/mol. The zero-order valence-corrected chi connectivity index (χ0v) is 15.8. The Kier molecular flexibility index (Phi) is 4.14. The highest BCUT2D eigenvalue weighted by Gasteiger charge is 2.22. The van der Waals surface area contributed by atoms with E-state index < -0.39 is 10.0 Å². The second kappa shape index (κ2) is 6.50. The summed E-state index contributed by atoms with van der Waals surface area (Å²) in [4.78, 5) is 4.57. The zero-order valence-electron chi connectivity index (χ0n) is 14.1. The first-order chi connectivity index (χ1) is 13.0. The summed E-state index contributed by atoms with van der Waals surface area (Å²) in [6.07, 6.45) is 1.32. The third-order valence-corrected chi connectivity index (χ3v) is 6.74. The molecule has 4 aromatic rings. The number of fused-ring (bicyclic) bond motifs is 1. The van der Waals surface area contributed by atoms with E-state index in [1.54, 1.807) is 17.5 Å². The minimum atomic E-state index is -3.83. The molecule has 0 aliphatic heterocycles. The van der Waals surface area contributed by atoms with Crippen molar-refractivity contribution in [1.82, 2.24) is 14.8 Å². The maximum atomic E-state index is 12.6. The summed E-state index contributed by atoms with van der Waals surface area (Å²) in [5.41, 5.74) is 1.84. The van der Waals surface area contributed by atoms with E-state index in [-0.39, 0.29) is 15.6 Å². The Morgan fingerprint density at radius 2 is 2.04 bits per heavy atom. The number of aromatic nitrogens is 3. The van der Waals surface area contributed by atoms with Crippen molar-refractivity contribution >= 4 is 38.1 Å². The Balaban J connectivity index is 1.86. The summed E-state index contributed by atoms with van der Waals surface area (Å²) in [7, 11) is -3.83. The Morgan fingerprint density at radius 1 is 1.22 bits per heavy atom. The Hall–Kier alpha value is -3.22. The van der Waals surface area contributed by atoms with Crippen molar-refractivity contribution < 1.29 is 8.42 Å². The van der Waals surface area contributed by atoms with Gasteiger partial charge >= 0.3 is 0 Å². The molecule has 134 valence electrons. The fourth-order valence-electron chi connectivity index (χ4n) is 2.74. The predicted molar refractivity (Wildman–Crippen MR) is 103 cm³/mol. The van der Waals surface area contributed by atoms with Gasteiger partial charge in [0.25, 0.3) is 10.0 Å². The molecule has 0 fully saturated rings. The van der Waals surface area contributed by atoms with Crippen LogP contribution in [-0.2, 0) is 10.0 Å². The second-order valence-electron chi connectivity index (χ2n) is 5.78. The smallest absolute Gasteiger partial charge is 0.261 e. The van der Waals surface area contributed by atoms with E-state index >= 15 is 0 Å². The van der Waals surface area contributed by atoms with Crippen LogP contribution in [0.1, 0.15) is 11.1 Å². The number of hydrogen-bond acceptors (Lipinski definition) is 6. The highest BCUT2D eigenvalue weighted by atomic mass is 32.2. The minimum absolute atomic E-state index is 0.0630. The van der Waals surface area contributed by atoms with Crippen LogP contribution in [0.2, 0.25) is 0 Å². The maximum absolute atomic E-state index is 12.6. The Bertz CT molecular complexity index is 1290. The molecule has 0 amide bonds. The molecule has 0 saturated carbocycles. The highest BCUT2D eigenvalue weighted by Crippen LogP contribution is 2.26. The maximum Gasteiger partial charge on any atom is 0.272 e. The first-order valence-electron chi connectivity index (χ1n) is 7.91. The van der Waals surface area contributed by atoms with Crippen LogP contribution in [0.4, 0.5) is 5.82 Å². The van der Waals surface area contributed by atoms with Crippen LogP contribution in [0.5, 0.6) is 0 Å². The number of rotatable bonds is 4. The van der Waals surface area contributed by atoms with Crippen LogP contribution in [-0.4, -0.2) is 23.2 Å². The summed E-state index contributed by atoms with van der Waals surface area (Å²) in [5, 5.41) is 16.2. The average molecular weight is 395 g/mol. The van der Waals surface area contributed by atoms with Crippen LogP contribution in [0.15, 0.2) is 58.3 Å². The SMILES string of the molecule is Cc1cc(-n2ncc(C#N)c2NS(=O)(=O)c2cccs2)nc2ccccc12. The Labute approximate surface area is 159 Å². The van der Waals surface area contributed by atoms with Gasteiger partial charge < -0.3 is 0 Å². The minimum Gasteiger partial charge on any atom is -0.261 e. The first-order valence-corrected chi connectivity index (χ1v) is 10.3. The van der Waals surface area contributed by atoms with Crippen molar-refractivity contribution in [1.29, 1.82) is 5.26 Å². The van der Waals surface area contributed by atoms with E-state index in [9.17, 15) is 13.7 Å². The van der Waals surface area contributed by atoms with Crippen molar-refractivity contribution in [2.24, 2.45) is 0 Å². The number of para-hydroxylation sites is 1. The van der Waals surface area contributed by atoms with Crippen molar-refractivity contribution in [2.75, 3.05) is 4.72 Å². The molecule has 0 radical (unpaired) electrons. The topological polar surface area (TPSA) is 101 Å². The molecule has 0 aliphatic rings. The average Bonchev–Trinajstić information content (AvgIpc) is 3.31. The van der Waals surface area contributed by atoms with Gasteiger partial charge in [0.15, 0.2) is 11.6 Å². The number of anilines is 1. The molecule has 0 saturated heterocycles. The van der Waals surface area contributed by atoms with Crippen LogP contribution in [0, 0.1) is 18.3 Å². The normalized spacial score (nSPS) is 11.4. The van der Waals surface area contributed by atoms with Crippen molar-refractivity contribution in [3.8, 4) is 11.9 Å². The van der Waals surface area contributed by atoms with E-state index in [0.717, 1.165) is 27.8 Å². The summed E-state index contributed by atoms with van der Waals surface area (Å²) in [5.74, 6) is 0.490. The van der Waals surface area contributed by atoms with E-state index in [2.05, 4.69) is 14.8 Å². The van der Waals surface area contributed by atoms with Gasteiger partial charge in [0.2, 0.25) is 0 Å². The first kappa shape index (κ1) is 17.2. The predicted octanol–water partition coefficient (Wildman–Crippen LogP) is 3.46. The van der Waals surface area contributed by atoms with Gasteiger partial charge in [0, 0.05) is 5.39 Å². The molecule has 7 nitrogen and oxygen atoms in total. The standard InChI is InChI=1S/C18H13N5O2S2/c1-12-9-16(21-15-6-3-2-5-14(12)15)23-18(13(10-19)11-20-23)22-27(24,25)17-7-4-8-26-17/h2-9,11,22H,1H3. The lowest BCUT2D eigenvalue weighted by Gasteiger charge is -2.11. The van der Waals surface area contributed by atoms with Gasteiger partial charge in [-0.05, 0) is 36.1 Å². The number of hydrogen-bond donors (Lipinski definition) is 1. The van der Waals surface area contributed by atoms with Gasteiger partial charge in [0.1, 0.15) is 15.8 Å². The molecule has 3 aromatic heterocycles. The van der Waals surface area contributed by atoms with E-state index in [4.69, 9.17) is 0 Å². The molecule has 0 spiro atoms. The number of nitrogens with one attached hydrogen (secondary N) is 1. The van der Waals surface area contributed by atoms with Gasteiger partial charge in [0.05, 0.1) is 11.7 Å². The lowest BCUT2D eigenvalue weighted by atomic mass is 10.1. The highest BCUT2D eigenvalue weighted by molar-refractivity contribution is 7.94. The molecular weight excluding hydrogens is 382 g/mol. The van der Waals surface area contributed by atoms with Crippen molar-refractivity contribution in [3.05, 3.63) is 65.2 Å². The summed E-state index contributed by atoms with van der Waals surface area (Å²) < 4.78 is 29.2. The molecule has 3 heterocycles. The summed E-state index contributed by atoms with van der Waals surface area (Å²) >= 11 is 1.09. The van der Waals surface area contributed by atoms with Crippen molar-refractivity contribution in [2.45, 2.75) is 11.1 Å². The number of nitriles is 1. The third kappa shape index (κ3) is 3.05. The van der Waals surface area contributed by atoms with Crippen LogP contribution >= 0.6 is 11.3 Å². The van der Waals surface area contributed by atoms with E-state index in [1.807, 2.05) is 37.3 Å². The van der Waals surface area contributed by atoms with Crippen LogP contribution < -0.4 is 4.72 Å². The largest absolute Gasteiger partial charge is 0.272 e. The van der Waals surface area contributed by atoms with Crippen LogP contribution in [0.3, 0.4) is 0 Å². The molecule has 0 aliphatic carbocycles. The number of thiophene rings is 1. The van der Waals surface area contributed by atoms with Gasteiger partial charge in [-0.1, -0.05) is 24.3 Å². The molecule has 1 aromatic carbocycles. The molecular formula is C18H13N5O2S2. The molecule has 9 heteroatoms. The lowest BCUT2D eigenvalue weighted by molar-refractivity contribution is 0.602. The molecule has 0 atom stereocenters. The Morgan fingerprint density at radius 3 is 2.78 bits per heavy atom. The molecule has 0 unspecified atom stereocenters. The molecule has 27 heavy (non-hydrogen) atoms. The fraction of sp³-hybridized carbons (Fsp3) is 0.0556. The van der Waals surface area contributed by atoms with Gasteiger partial charge in [-0.25, -0.2) is 13.4 Å².